The van der Waals surface area contributed by atoms with Gasteiger partial charge in [-0.05, 0) is 78.7 Å². The Morgan fingerprint density at radius 2 is 1.22 bits per heavy atom. The van der Waals surface area contributed by atoms with Crippen molar-refractivity contribution in [1.29, 1.82) is 0 Å². The highest BCUT2D eigenvalue weighted by molar-refractivity contribution is 5.94. The topological polar surface area (TPSA) is 114 Å². The molecule has 2 aliphatic rings. The molecule has 274 valence electrons. The third kappa shape index (κ3) is 6.97. The molecule has 10 nitrogen and oxygen atoms in total. The number of hydrogen-bond donors (Lipinski definition) is 2. The molecule has 3 aromatic heterocycles. The largest absolute Gasteiger partial charge is 0.340 e. The van der Waals surface area contributed by atoms with E-state index >= 15 is 0 Å². The number of pyridine rings is 1. The highest BCUT2D eigenvalue weighted by Crippen LogP contribution is 2.36. The van der Waals surface area contributed by atoms with Gasteiger partial charge in [-0.2, -0.15) is 0 Å². The normalized spacial score (nSPS) is 17.7. The fourth-order valence-corrected chi connectivity index (χ4v) is 8.14. The number of imidazole rings is 2. The monoisotopic (exact) mass is 718 g/mol. The quantitative estimate of drug-likeness (QED) is 0.140. The summed E-state index contributed by atoms with van der Waals surface area (Å²) in [5, 5.41) is 0. The molecular weight excluding hydrogens is 673 g/mol. The third-order valence-corrected chi connectivity index (χ3v) is 11.0. The number of nitrogens with zero attached hydrogens (tertiary/aromatic N) is 6. The number of carbonyl (C=O) groups excluding carboxylic acids is 2. The van der Waals surface area contributed by atoms with E-state index in [1.807, 2.05) is 46.5 Å². The van der Waals surface area contributed by atoms with Crippen LogP contribution < -0.4 is 0 Å². The maximum absolute atomic E-state index is 14.2. The van der Waals surface area contributed by atoms with E-state index in [2.05, 4.69) is 94.4 Å². The molecule has 0 radical (unpaired) electrons. The molecule has 6 aromatic rings. The molecule has 0 aliphatic carbocycles. The number of aromatic nitrogens is 5. The van der Waals surface area contributed by atoms with E-state index in [1.165, 1.54) is 0 Å². The Kier molecular flexibility index (Phi) is 10.2. The molecular formula is C44H46N8O2. The predicted octanol–water partition coefficient (Wildman–Crippen LogP) is 8.25. The number of rotatable bonds is 11. The molecule has 2 saturated heterocycles. The van der Waals surface area contributed by atoms with Gasteiger partial charge in [0.1, 0.15) is 17.7 Å². The summed E-state index contributed by atoms with van der Waals surface area (Å²) in [7, 11) is 0. The smallest absolute Gasteiger partial charge is 0.256 e. The number of hydrogen-bond acceptors (Lipinski definition) is 6. The van der Waals surface area contributed by atoms with Crippen LogP contribution in [0.4, 0.5) is 0 Å². The molecule has 0 bridgehead atoms. The summed E-state index contributed by atoms with van der Waals surface area (Å²) in [6.45, 7) is 7.26. The van der Waals surface area contributed by atoms with Crippen LogP contribution in [-0.4, -0.2) is 77.6 Å². The fraction of sp³-hybridized carbons (Fsp3) is 0.295. The molecule has 2 N–H and O–H groups in total. The second-order valence-electron chi connectivity index (χ2n) is 14.1. The summed E-state index contributed by atoms with van der Waals surface area (Å²) in [6.07, 6.45) is 10.7. The Morgan fingerprint density at radius 1 is 0.685 bits per heavy atom. The van der Waals surface area contributed by atoms with Crippen LogP contribution in [0.25, 0.3) is 33.6 Å². The van der Waals surface area contributed by atoms with E-state index in [-0.39, 0.29) is 29.9 Å². The molecule has 0 unspecified atom stereocenters. The molecule has 2 aliphatic heterocycles. The number of H-pyrrole nitrogens is 2. The summed E-state index contributed by atoms with van der Waals surface area (Å²) in [4.78, 5) is 54.2. The summed E-state index contributed by atoms with van der Waals surface area (Å²) in [5.74, 6) is 1.78. The Balaban J connectivity index is 0.938. The van der Waals surface area contributed by atoms with Crippen LogP contribution >= 0.6 is 0 Å². The number of carbonyl (C=O) groups is 2. The van der Waals surface area contributed by atoms with Gasteiger partial charge in [0, 0.05) is 25.5 Å². The van der Waals surface area contributed by atoms with Crippen molar-refractivity contribution in [3.05, 3.63) is 139 Å². The van der Waals surface area contributed by atoms with E-state index in [4.69, 9.17) is 9.97 Å². The van der Waals surface area contributed by atoms with Gasteiger partial charge < -0.3 is 19.8 Å². The average Bonchev–Trinajstić information content (AvgIpc) is 4.07. The van der Waals surface area contributed by atoms with E-state index in [9.17, 15) is 9.59 Å². The van der Waals surface area contributed by atoms with Crippen LogP contribution in [0.5, 0.6) is 0 Å². The summed E-state index contributed by atoms with van der Waals surface area (Å²) in [6, 6.07) is 30.2. The third-order valence-electron chi connectivity index (χ3n) is 11.0. The molecule has 2 fully saturated rings. The number of aromatic amines is 2. The lowest BCUT2D eigenvalue weighted by Crippen LogP contribution is -2.43. The van der Waals surface area contributed by atoms with Crippen LogP contribution in [0, 0.1) is 0 Å². The minimum absolute atomic E-state index is 0.0116. The van der Waals surface area contributed by atoms with Gasteiger partial charge in [-0.25, -0.2) is 9.97 Å². The molecule has 8 rings (SSSR count). The first kappa shape index (κ1) is 35.2. The second-order valence-corrected chi connectivity index (χ2v) is 14.1. The Hall–Kier alpha value is -5.87. The van der Waals surface area contributed by atoms with Crippen molar-refractivity contribution in [2.45, 2.75) is 57.7 Å². The van der Waals surface area contributed by atoms with E-state index in [1.54, 1.807) is 18.5 Å². The molecule has 0 saturated carbocycles. The number of likely N-dealkylation sites (tertiary alicyclic amines) is 2. The summed E-state index contributed by atoms with van der Waals surface area (Å²) >= 11 is 0. The van der Waals surface area contributed by atoms with Gasteiger partial charge in [0.05, 0.1) is 41.4 Å². The molecule has 5 heterocycles. The molecule has 10 heteroatoms. The van der Waals surface area contributed by atoms with Gasteiger partial charge in [0.25, 0.3) is 5.91 Å². The Labute approximate surface area is 316 Å². The van der Waals surface area contributed by atoms with E-state index < -0.39 is 0 Å². The zero-order valence-electron chi connectivity index (χ0n) is 30.9. The lowest BCUT2D eigenvalue weighted by atomic mass is 10.0. The van der Waals surface area contributed by atoms with E-state index in [0.717, 1.165) is 96.2 Å². The summed E-state index contributed by atoms with van der Waals surface area (Å²) < 4.78 is 0. The first-order valence-electron chi connectivity index (χ1n) is 19.1. The predicted molar refractivity (Wildman–Crippen MR) is 210 cm³/mol. The maximum atomic E-state index is 14.2. The van der Waals surface area contributed by atoms with Gasteiger partial charge in [0.15, 0.2) is 0 Å². The molecule has 3 aromatic carbocycles. The second kappa shape index (κ2) is 15.6. The SMILES string of the molecule is CCN(CC)[C@@H](C(=O)N1CCC[C@H]1c1ncc(-c2ccc(-c3ccc(-c4cnc([C@@H]5CCCN5C(=O)c5cccnc5)[nH]4)cc3)cc2)[nH]1)c1ccccc1. The van der Waals surface area contributed by atoms with Crippen LogP contribution in [0.3, 0.4) is 0 Å². The number of likely N-dealkylation sites (N-methyl/N-ethyl adjacent to an activating group) is 1. The Bertz CT molecular complexity index is 2180. The van der Waals surface area contributed by atoms with Crippen LogP contribution in [0.1, 0.15) is 85.2 Å². The van der Waals surface area contributed by atoms with Crippen molar-refractivity contribution in [2.24, 2.45) is 0 Å². The highest BCUT2D eigenvalue weighted by atomic mass is 16.2. The number of nitrogens with one attached hydrogen (secondary N) is 2. The van der Waals surface area contributed by atoms with Crippen molar-refractivity contribution in [2.75, 3.05) is 26.2 Å². The van der Waals surface area contributed by atoms with Crippen LogP contribution in [0.2, 0.25) is 0 Å². The van der Waals surface area contributed by atoms with Crippen molar-refractivity contribution in [3.8, 4) is 33.6 Å². The van der Waals surface area contributed by atoms with Gasteiger partial charge in [-0.15, -0.1) is 0 Å². The van der Waals surface area contributed by atoms with E-state index in [0.29, 0.717) is 12.1 Å². The zero-order valence-corrected chi connectivity index (χ0v) is 30.9. The van der Waals surface area contributed by atoms with Gasteiger partial charge >= 0.3 is 0 Å². The van der Waals surface area contributed by atoms with Gasteiger partial charge in [0.2, 0.25) is 5.91 Å². The maximum Gasteiger partial charge on any atom is 0.256 e. The average molecular weight is 719 g/mol. The molecule has 0 spiro atoms. The number of benzene rings is 3. The molecule has 2 amide bonds. The molecule has 3 atom stereocenters. The van der Waals surface area contributed by atoms with Gasteiger partial charge in [-0.3, -0.25) is 19.5 Å². The number of amides is 2. The Morgan fingerprint density at radius 3 is 1.76 bits per heavy atom. The lowest BCUT2D eigenvalue weighted by molar-refractivity contribution is -0.138. The van der Waals surface area contributed by atoms with Crippen molar-refractivity contribution in [1.82, 2.24) is 39.6 Å². The van der Waals surface area contributed by atoms with Crippen molar-refractivity contribution < 1.29 is 9.59 Å². The van der Waals surface area contributed by atoms with Crippen LogP contribution in [0.15, 0.2) is 116 Å². The van der Waals surface area contributed by atoms with Crippen LogP contribution in [-0.2, 0) is 4.79 Å². The van der Waals surface area contributed by atoms with Gasteiger partial charge in [-0.1, -0.05) is 92.7 Å². The fourth-order valence-electron chi connectivity index (χ4n) is 8.14. The first-order valence-corrected chi connectivity index (χ1v) is 19.1. The summed E-state index contributed by atoms with van der Waals surface area (Å²) in [5.41, 5.74) is 7.80. The zero-order chi connectivity index (χ0) is 37.0. The lowest BCUT2D eigenvalue weighted by Gasteiger charge is -2.34. The van der Waals surface area contributed by atoms with Crippen molar-refractivity contribution >= 4 is 11.8 Å². The van der Waals surface area contributed by atoms with Crippen molar-refractivity contribution in [3.63, 3.8) is 0 Å². The molecule has 54 heavy (non-hydrogen) atoms. The first-order chi connectivity index (χ1) is 26.5. The highest BCUT2D eigenvalue weighted by Gasteiger charge is 2.38. The standard InChI is InChI=1S/C44H46N8O2/c1-3-50(4-2)40(34-11-6-5-7-12-34)44(54)52-26-10-15-39(52)42-47-29-37(49-42)33-22-18-31(19-23-33)30-16-20-32(21-17-30)36-28-46-41(48-36)38-14-9-25-51(38)43(53)35-13-8-24-45-27-35/h5-8,11-13,16-24,27-29,38-40H,3-4,9-10,14-15,25-26H2,1-2H3,(H,46,48)(H,47,49)/t38-,39-,40+/m0/s1. The minimum Gasteiger partial charge on any atom is -0.340 e. The minimum atomic E-state index is -0.312.